The van der Waals surface area contributed by atoms with Gasteiger partial charge >= 0.3 is 0 Å². The number of piperidine rings is 1. The number of hydrogen-bond acceptors (Lipinski definition) is 6. The minimum absolute atomic E-state index is 0.0360. The van der Waals surface area contributed by atoms with E-state index in [-0.39, 0.29) is 17.2 Å². The van der Waals surface area contributed by atoms with E-state index in [4.69, 9.17) is 5.73 Å². The summed E-state index contributed by atoms with van der Waals surface area (Å²) < 4.78 is 29.4. The van der Waals surface area contributed by atoms with E-state index in [0.29, 0.717) is 11.6 Å². The molecule has 0 atom stereocenters. The molecule has 9 heteroatoms. The lowest BCUT2D eigenvalue weighted by Gasteiger charge is -2.23. The highest BCUT2D eigenvalue weighted by Crippen LogP contribution is 2.31. The molecule has 162 valence electrons. The van der Waals surface area contributed by atoms with Crippen LogP contribution < -0.4 is 11.1 Å². The predicted octanol–water partition coefficient (Wildman–Crippen LogP) is 3.72. The van der Waals surface area contributed by atoms with Crippen molar-refractivity contribution in [2.45, 2.75) is 18.8 Å². The first-order valence-electron chi connectivity index (χ1n) is 10.4. The molecule has 5 rings (SSSR count). The minimum Gasteiger partial charge on any atom is -0.382 e. The highest BCUT2D eigenvalue weighted by Gasteiger charge is 2.20. The summed E-state index contributed by atoms with van der Waals surface area (Å²) in [4.78, 5) is 4.28. The molecule has 0 unspecified atom stereocenters. The summed E-state index contributed by atoms with van der Waals surface area (Å²) in [7, 11) is 0. The quantitative estimate of drug-likeness (QED) is 0.509. The van der Waals surface area contributed by atoms with E-state index in [1.54, 1.807) is 12.3 Å². The van der Waals surface area contributed by atoms with Crippen molar-refractivity contribution in [1.82, 2.24) is 30.5 Å². The van der Waals surface area contributed by atoms with Gasteiger partial charge in [-0.2, -0.15) is 4.68 Å². The molecule has 0 radical (unpaired) electrons. The maximum atomic E-state index is 14.4. The Hall–Kier alpha value is -3.72. The summed E-state index contributed by atoms with van der Waals surface area (Å²) in [5, 5.41) is 14.8. The molecule has 2 aromatic heterocycles. The van der Waals surface area contributed by atoms with Crippen LogP contribution in [-0.2, 0) is 0 Å². The molecule has 1 aliphatic heterocycles. The van der Waals surface area contributed by atoms with E-state index in [1.807, 2.05) is 0 Å². The van der Waals surface area contributed by atoms with Crippen molar-refractivity contribution in [1.29, 1.82) is 0 Å². The average molecular weight is 433 g/mol. The third-order valence-corrected chi connectivity index (χ3v) is 5.84. The molecular weight excluding hydrogens is 412 g/mol. The molecule has 0 saturated carbocycles. The van der Waals surface area contributed by atoms with Gasteiger partial charge in [-0.05, 0) is 71.6 Å². The summed E-state index contributed by atoms with van der Waals surface area (Å²) in [6.07, 6.45) is 3.93. The molecule has 2 aromatic carbocycles. The Kier molecular flexibility index (Phi) is 5.32. The van der Waals surface area contributed by atoms with Crippen LogP contribution in [0.4, 0.5) is 14.6 Å². The van der Waals surface area contributed by atoms with Crippen LogP contribution in [0.5, 0.6) is 0 Å². The fourth-order valence-electron chi connectivity index (χ4n) is 4.09. The first-order chi connectivity index (χ1) is 15.6. The van der Waals surface area contributed by atoms with Crippen LogP contribution in [-0.4, -0.2) is 38.3 Å². The van der Waals surface area contributed by atoms with E-state index < -0.39 is 11.6 Å². The third-order valence-electron chi connectivity index (χ3n) is 5.84. The number of nitrogens with two attached hydrogens (primary N) is 1. The van der Waals surface area contributed by atoms with Gasteiger partial charge in [0.2, 0.25) is 0 Å². The molecule has 4 aromatic rings. The Morgan fingerprint density at radius 1 is 1.00 bits per heavy atom. The number of tetrazole rings is 1. The van der Waals surface area contributed by atoms with E-state index in [2.05, 4.69) is 50.1 Å². The number of benzene rings is 2. The zero-order chi connectivity index (χ0) is 22.1. The molecule has 3 heterocycles. The normalized spacial score (nSPS) is 14.6. The van der Waals surface area contributed by atoms with Crippen molar-refractivity contribution in [3.63, 3.8) is 0 Å². The molecule has 0 amide bonds. The second-order valence-electron chi connectivity index (χ2n) is 7.79. The minimum atomic E-state index is -1.03. The lowest BCUT2D eigenvalue weighted by Crippen LogP contribution is -2.26. The molecule has 0 aliphatic carbocycles. The number of nitrogens with zero attached hydrogens (tertiary/aromatic N) is 5. The van der Waals surface area contributed by atoms with Crippen LogP contribution >= 0.6 is 0 Å². The number of rotatable bonds is 4. The molecule has 7 nitrogen and oxygen atoms in total. The van der Waals surface area contributed by atoms with Crippen molar-refractivity contribution in [3.8, 4) is 28.2 Å². The summed E-state index contributed by atoms with van der Waals surface area (Å²) in [5.74, 6) is -1.24. The Morgan fingerprint density at radius 3 is 2.56 bits per heavy atom. The molecule has 1 aliphatic rings. The van der Waals surface area contributed by atoms with E-state index >= 15 is 0 Å². The van der Waals surface area contributed by atoms with Crippen LogP contribution in [0.15, 0.2) is 54.7 Å². The Labute approximate surface area is 183 Å². The van der Waals surface area contributed by atoms with Crippen LogP contribution in [0.25, 0.3) is 28.2 Å². The van der Waals surface area contributed by atoms with Crippen LogP contribution in [0, 0.1) is 11.6 Å². The topological polar surface area (TPSA) is 94.5 Å². The zero-order valence-electron chi connectivity index (χ0n) is 17.2. The highest BCUT2D eigenvalue weighted by atomic mass is 19.2. The van der Waals surface area contributed by atoms with Gasteiger partial charge in [0, 0.05) is 11.8 Å². The maximum Gasteiger partial charge on any atom is 0.190 e. The van der Waals surface area contributed by atoms with Crippen LogP contribution in [0.1, 0.15) is 24.3 Å². The van der Waals surface area contributed by atoms with Gasteiger partial charge in [0.05, 0.1) is 5.56 Å². The lowest BCUT2D eigenvalue weighted by atomic mass is 9.89. The molecule has 0 spiro atoms. The van der Waals surface area contributed by atoms with Gasteiger partial charge in [0.25, 0.3) is 0 Å². The van der Waals surface area contributed by atoms with E-state index in [1.165, 1.54) is 22.4 Å². The van der Waals surface area contributed by atoms with Crippen molar-refractivity contribution >= 4 is 5.82 Å². The SMILES string of the molecule is Nc1ncc(-c2ccc(C3CCNCC3)cc2)cc1-n1nnnc1-c1cccc(F)c1F. The fraction of sp³-hybridized carbons (Fsp3) is 0.217. The van der Waals surface area contributed by atoms with Gasteiger partial charge < -0.3 is 11.1 Å². The van der Waals surface area contributed by atoms with Crippen molar-refractivity contribution in [3.05, 3.63) is 71.9 Å². The monoisotopic (exact) mass is 433 g/mol. The molecule has 1 fully saturated rings. The summed E-state index contributed by atoms with van der Waals surface area (Å²) >= 11 is 0. The molecule has 1 saturated heterocycles. The lowest BCUT2D eigenvalue weighted by molar-refractivity contribution is 0.460. The third kappa shape index (κ3) is 3.71. The Bertz CT molecular complexity index is 1250. The Morgan fingerprint density at radius 2 is 1.78 bits per heavy atom. The Balaban J connectivity index is 1.51. The summed E-state index contributed by atoms with van der Waals surface area (Å²) in [5.41, 5.74) is 9.51. The van der Waals surface area contributed by atoms with E-state index in [0.717, 1.165) is 43.1 Å². The zero-order valence-corrected chi connectivity index (χ0v) is 17.2. The first-order valence-corrected chi connectivity index (χ1v) is 10.4. The smallest absolute Gasteiger partial charge is 0.190 e. The van der Waals surface area contributed by atoms with Gasteiger partial charge in [-0.15, -0.1) is 5.10 Å². The van der Waals surface area contributed by atoms with E-state index in [9.17, 15) is 8.78 Å². The standard InChI is InChI=1S/C23H21F2N7/c24-19-3-1-2-18(21(19)25)23-29-30-31-32(23)20-12-17(13-28-22(20)26)15-6-4-14(5-7-15)16-8-10-27-11-9-16/h1-7,12-13,16,27H,8-11H2,(H2,26,28). The first kappa shape index (κ1) is 20.2. The van der Waals surface area contributed by atoms with Gasteiger partial charge in [-0.25, -0.2) is 13.8 Å². The average Bonchev–Trinajstić information content (AvgIpc) is 3.31. The fourth-order valence-corrected chi connectivity index (χ4v) is 4.09. The molecule has 0 bridgehead atoms. The number of pyridine rings is 1. The molecule has 32 heavy (non-hydrogen) atoms. The maximum absolute atomic E-state index is 14.4. The number of nitrogens with one attached hydrogen (secondary N) is 1. The predicted molar refractivity (Wildman–Crippen MR) is 117 cm³/mol. The molecular formula is C23H21F2N7. The summed E-state index contributed by atoms with van der Waals surface area (Å²) in [6, 6.07) is 14.0. The van der Waals surface area contributed by atoms with Crippen LogP contribution in [0.3, 0.4) is 0 Å². The number of hydrogen-bond donors (Lipinski definition) is 2. The number of anilines is 1. The largest absolute Gasteiger partial charge is 0.382 e. The second-order valence-corrected chi connectivity index (χ2v) is 7.79. The van der Waals surface area contributed by atoms with Gasteiger partial charge in [0.15, 0.2) is 17.5 Å². The van der Waals surface area contributed by atoms with Crippen molar-refractivity contribution < 1.29 is 8.78 Å². The summed E-state index contributed by atoms with van der Waals surface area (Å²) in [6.45, 7) is 2.08. The van der Waals surface area contributed by atoms with Gasteiger partial charge in [-0.1, -0.05) is 30.3 Å². The number of halogens is 2. The van der Waals surface area contributed by atoms with Gasteiger partial charge in [0.1, 0.15) is 11.5 Å². The second kappa shape index (κ2) is 8.43. The number of aromatic nitrogens is 5. The van der Waals surface area contributed by atoms with Crippen molar-refractivity contribution in [2.24, 2.45) is 0 Å². The van der Waals surface area contributed by atoms with Crippen LogP contribution in [0.2, 0.25) is 0 Å². The highest BCUT2D eigenvalue weighted by molar-refractivity contribution is 5.70. The number of nitrogen functional groups attached to an aromatic ring is 1. The van der Waals surface area contributed by atoms with Crippen molar-refractivity contribution in [2.75, 3.05) is 18.8 Å². The van der Waals surface area contributed by atoms with Gasteiger partial charge in [-0.3, -0.25) is 0 Å². The molecule has 3 N–H and O–H groups in total.